The van der Waals surface area contributed by atoms with Crippen molar-refractivity contribution in [3.8, 4) is 22.8 Å². The molecule has 4 aromatic heterocycles. The predicted octanol–water partition coefficient (Wildman–Crippen LogP) is 6.10. The monoisotopic (exact) mass is 539 g/mol. The SMILES string of the molecule is C=C/C=C(\c1nc(-c2n[nH]c3ccc(-c4cncc(NC(=C)C(C)C)c4)nc23)[nH]c1C)N1CCN(C)CC1.CC. The first-order valence-electron chi connectivity index (χ1n) is 13.9. The molecule has 4 aromatic rings. The van der Waals surface area contributed by atoms with Crippen molar-refractivity contribution in [1.29, 1.82) is 0 Å². The molecule has 5 rings (SSSR count). The zero-order valence-electron chi connectivity index (χ0n) is 24.5. The van der Waals surface area contributed by atoms with E-state index in [2.05, 4.69) is 69.3 Å². The summed E-state index contributed by atoms with van der Waals surface area (Å²) in [6, 6.07) is 6.00. The molecule has 9 heteroatoms. The maximum atomic E-state index is 5.00. The van der Waals surface area contributed by atoms with Gasteiger partial charge in [0.1, 0.15) is 11.2 Å². The molecule has 9 nitrogen and oxygen atoms in total. The fourth-order valence-corrected chi connectivity index (χ4v) is 4.52. The summed E-state index contributed by atoms with van der Waals surface area (Å²) in [5.41, 5.74) is 8.77. The molecule has 0 aliphatic carbocycles. The van der Waals surface area contributed by atoms with Gasteiger partial charge in [-0.15, -0.1) is 0 Å². The Morgan fingerprint density at radius 2 is 1.85 bits per heavy atom. The topological polar surface area (TPSA) is 102 Å². The van der Waals surface area contributed by atoms with Crippen LogP contribution in [-0.4, -0.2) is 73.2 Å². The first-order valence-corrected chi connectivity index (χ1v) is 13.9. The molecule has 0 spiro atoms. The van der Waals surface area contributed by atoms with Gasteiger partial charge in [0.25, 0.3) is 0 Å². The number of allylic oxidation sites excluding steroid dienone is 3. The third-order valence-electron chi connectivity index (χ3n) is 6.91. The summed E-state index contributed by atoms with van der Waals surface area (Å²) in [6.07, 6.45) is 7.47. The third kappa shape index (κ3) is 6.15. The minimum Gasteiger partial charge on any atom is -0.367 e. The Morgan fingerprint density at radius 3 is 2.55 bits per heavy atom. The first-order chi connectivity index (χ1) is 19.3. The number of hydrogen-bond acceptors (Lipinski definition) is 7. The van der Waals surface area contributed by atoms with E-state index in [1.165, 1.54) is 0 Å². The molecule has 1 aliphatic rings. The molecule has 0 unspecified atom stereocenters. The van der Waals surface area contributed by atoms with Crippen LogP contribution >= 0.6 is 0 Å². The number of anilines is 1. The Kier molecular flexibility index (Phi) is 9.16. The van der Waals surface area contributed by atoms with Crippen molar-refractivity contribution in [1.82, 2.24) is 39.9 Å². The van der Waals surface area contributed by atoms with Crippen molar-refractivity contribution in [3.05, 3.63) is 73.0 Å². The number of aryl methyl sites for hydroxylation is 1. The van der Waals surface area contributed by atoms with Gasteiger partial charge in [-0.05, 0) is 44.2 Å². The Bertz CT molecular complexity index is 1500. The molecule has 0 amide bonds. The Balaban J connectivity index is 0.00000181. The zero-order valence-corrected chi connectivity index (χ0v) is 24.5. The summed E-state index contributed by atoms with van der Waals surface area (Å²) >= 11 is 0. The van der Waals surface area contributed by atoms with E-state index < -0.39 is 0 Å². The zero-order chi connectivity index (χ0) is 28.8. The van der Waals surface area contributed by atoms with E-state index in [9.17, 15) is 0 Å². The number of H-pyrrole nitrogens is 2. The van der Waals surface area contributed by atoms with E-state index in [-0.39, 0.29) is 0 Å². The standard InChI is InChI=1S/C29H35N9.C2H6/c1-7-8-25(38-13-11-37(6)12-14-38)26-20(5)32-29(34-26)28-27-24(35-36-28)10-9-23(33-27)21-15-22(17-30-16-21)31-19(4)18(2)3;1-2/h7-10,15-18,31H,1,4,11-14H2,2-3,5-6H3,(H,32,34)(H,35,36);1-2H3/b25-8+;. The fourth-order valence-electron chi connectivity index (χ4n) is 4.52. The fraction of sp³-hybridized carbons (Fsp3) is 0.355. The number of aromatic nitrogens is 6. The lowest BCUT2D eigenvalue weighted by atomic mass is 10.1. The number of pyridine rings is 2. The summed E-state index contributed by atoms with van der Waals surface area (Å²) in [5, 5.41) is 11.0. The normalized spacial score (nSPS) is 14.3. The third-order valence-corrected chi connectivity index (χ3v) is 6.91. The second-order valence-corrected chi connectivity index (χ2v) is 10.1. The number of hydrogen-bond donors (Lipinski definition) is 3. The molecular weight excluding hydrogens is 498 g/mol. The number of piperazine rings is 1. The summed E-state index contributed by atoms with van der Waals surface area (Å²) < 4.78 is 0. The highest BCUT2D eigenvalue weighted by molar-refractivity contribution is 5.89. The average Bonchev–Trinajstić information content (AvgIpc) is 3.56. The molecule has 5 heterocycles. The van der Waals surface area contributed by atoms with Crippen LogP contribution < -0.4 is 5.32 Å². The van der Waals surface area contributed by atoms with E-state index in [0.717, 1.165) is 76.9 Å². The Labute approximate surface area is 237 Å². The van der Waals surface area contributed by atoms with E-state index in [1.54, 1.807) is 6.20 Å². The van der Waals surface area contributed by atoms with Crippen LogP contribution in [0.15, 0.2) is 61.6 Å². The van der Waals surface area contributed by atoms with Gasteiger partial charge in [0, 0.05) is 49.3 Å². The summed E-state index contributed by atoms with van der Waals surface area (Å²) in [4.78, 5) is 22.5. The summed E-state index contributed by atoms with van der Waals surface area (Å²) in [5.74, 6) is 1.00. The van der Waals surface area contributed by atoms with Crippen LogP contribution in [0.1, 0.15) is 39.1 Å². The van der Waals surface area contributed by atoms with Crippen LogP contribution in [0.25, 0.3) is 39.5 Å². The predicted molar refractivity (Wildman–Crippen MR) is 166 cm³/mol. The van der Waals surface area contributed by atoms with Gasteiger partial charge in [-0.2, -0.15) is 5.10 Å². The largest absolute Gasteiger partial charge is 0.367 e. The summed E-state index contributed by atoms with van der Waals surface area (Å²) in [7, 11) is 2.15. The van der Waals surface area contributed by atoms with Crippen LogP contribution in [0.2, 0.25) is 0 Å². The lowest BCUT2D eigenvalue weighted by Gasteiger charge is -2.35. The number of aromatic amines is 2. The van der Waals surface area contributed by atoms with E-state index >= 15 is 0 Å². The first kappa shape index (κ1) is 28.8. The van der Waals surface area contributed by atoms with Crippen LogP contribution in [0.5, 0.6) is 0 Å². The molecule has 0 aromatic carbocycles. The second-order valence-electron chi connectivity index (χ2n) is 10.1. The van der Waals surface area contributed by atoms with E-state index in [4.69, 9.17) is 9.97 Å². The molecule has 1 fully saturated rings. The highest BCUT2D eigenvalue weighted by atomic mass is 15.3. The number of imidazole rings is 1. The van der Waals surface area contributed by atoms with Crippen molar-refractivity contribution >= 4 is 22.4 Å². The number of nitrogens with one attached hydrogen (secondary N) is 3. The number of likely N-dealkylation sites (N-methyl/N-ethyl adjacent to an activating group) is 1. The van der Waals surface area contributed by atoms with Gasteiger partial charge in [-0.3, -0.25) is 10.1 Å². The van der Waals surface area contributed by atoms with Crippen LogP contribution in [0, 0.1) is 12.8 Å². The Morgan fingerprint density at radius 1 is 1.10 bits per heavy atom. The van der Waals surface area contributed by atoms with Crippen molar-refractivity contribution < 1.29 is 0 Å². The van der Waals surface area contributed by atoms with Gasteiger partial charge in [0.2, 0.25) is 0 Å². The second kappa shape index (κ2) is 12.7. The molecule has 0 bridgehead atoms. The molecule has 0 radical (unpaired) electrons. The summed E-state index contributed by atoms with van der Waals surface area (Å²) in [6.45, 7) is 22.2. The van der Waals surface area contributed by atoms with Crippen molar-refractivity contribution in [3.63, 3.8) is 0 Å². The van der Waals surface area contributed by atoms with Gasteiger partial charge in [0.05, 0.1) is 28.8 Å². The van der Waals surface area contributed by atoms with Gasteiger partial charge >= 0.3 is 0 Å². The smallest absolute Gasteiger partial charge is 0.161 e. The van der Waals surface area contributed by atoms with Crippen molar-refractivity contribution in [2.24, 2.45) is 5.92 Å². The van der Waals surface area contributed by atoms with Gasteiger partial charge in [0.15, 0.2) is 11.5 Å². The Hall–Kier alpha value is -4.24. The van der Waals surface area contributed by atoms with Crippen LogP contribution in [-0.2, 0) is 0 Å². The van der Waals surface area contributed by atoms with E-state index in [0.29, 0.717) is 17.4 Å². The lowest BCUT2D eigenvalue weighted by molar-refractivity contribution is 0.207. The number of fused-ring (bicyclic) bond motifs is 1. The molecule has 0 atom stereocenters. The highest BCUT2D eigenvalue weighted by Gasteiger charge is 2.23. The molecule has 3 N–H and O–H groups in total. The molecule has 40 heavy (non-hydrogen) atoms. The molecule has 1 aliphatic heterocycles. The van der Waals surface area contributed by atoms with Crippen LogP contribution in [0.3, 0.4) is 0 Å². The van der Waals surface area contributed by atoms with Crippen molar-refractivity contribution in [2.45, 2.75) is 34.6 Å². The highest BCUT2D eigenvalue weighted by Crippen LogP contribution is 2.30. The van der Waals surface area contributed by atoms with Gasteiger partial charge < -0.3 is 20.1 Å². The molecule has 1 saturated heterocycles. The minimum absolute atomic E-state index is 0.321. The molecule has 0 saturated carbocycles. The minimum atomic E-state index is 0.321. The number of rotatable bonds is 8. The molecule has 210 valence electrons. The van der Waals surface area contributed by atoms with Crippen LogP contribution in [0.4, 0.5) is 5.69 Å². The number of nitrogens with zero attached hydrogens (tertiary/aromatic N) is 6. The van der Waals surface area contributed by atoms with Gasteiger partial charge in [-0.1, -0.05) is 46.9 Å². The average molecular weight is 540 g/mol. The maximum Gasteiger partial charge on any atom is 0.161 e. The van der Waals surface area contributed by atoms with Crippen molar-refractivity contribution in [2.75, 3.05) is 38.5 Å². The van der Waals surface area contributed by atoms with Gasteiger partial charge in [-0.25, -0.2) is 9.97 Å². The molecular formula is C31H41N9. The maximum absolute atomic E-state index is 5.00. The lowest BCUT2D eigenvalue weighted by Crippen LogP contribution is -2.43. The van der Waals surface area contributed by atoms with E-state index in [1.807, 2.05) is 57.3 Å². The quantitative estimate of drug-likeness (QED) is 0.233.